The van der Waals surface area contributed by atoms with Crippen LogP contribution in [0.1, 0.15) is 33.9 Å². The van der Waals surface area contributed by atoms with Crippen molar-refractivity contribution < 1.29 is 19.3 Å². The third kappa shape index (κ3) is 3.05. The van der Waals surface area contributed by atoms with Crippen LogP contribution in [-0.4, -0.2) is 44.5 Å². The summed E-state index contributed by atoms with van der Waals surface area (Å²) in [6, 6.07) is 8.93. The summed E-state index contributed by atoms with van der Waals surface area (Å²) in [7, 11) is 5.10. The molecular formula is C22H27NO4. The molecular weight excluding hydrogens is 342 g/mol. The van der Waals surface area contributed by atoms with E-state index in [0.717, 1.165) is 48.7 Å². The molecule has 1 unspecified atom stereocenters. The van der Waals surface area contributed by atoms with Gasteiger partial charge in [-0.05, 0) is 53.6 Å². The van der Waals surface area contributed by atoms with Crippen molar-refractivity contribution in [2.75, 3.05) is 34.5 Å². The molecule has 27 heavy (non-hydrogen) atoms. The molecule has 2 aromatic carbocycles. The van der Waals surface area contributed by atoms with Gasteiger partial charge in [-0.2, -0.15) is 0 Å². The lowest BCUT2D eigenvalue weighted by atomic mass is 9.82. The van der Waals surface area contributed by atoms with E-state index in [9.17, 15) is 5.11 Å². The van der Waals surface area contributed by atoms with Gasteiger partial charge in [0.05, 0.1) is 21.3 Å². The number of fused-ring (bicyclic) bond motifs is 4. The van der Waals surface area contributed by atoms with E-state index in [2.05, 4.69) is 23.1 Å². The molecule has 0 spiro atoms. The number of ether oxygens (including phenoxy) is 3. The van der Waals surface area contributed by atoms with Crippen LogP contribution in [0.2, 0.25) is 0 Å². The van der Waals surface area contributed by atoms with E-state index < -0.39 is 0 Å². The summed E-state index contributed by atoms with van der Waals surface area (Å²) in [4.78, 5) is 2.53. The maximum Gasteiger partial charge on any atom is 0.165 e. The Labute approximate surface area is 160 Å². The zero-order chi connectivity index (χ0) is 19.0. The van der Waals surface area contributed by atoms with Gasteiger partial charge in [-0.25, -0.2) is 0 Å². The second-order valence-corrected chi connectivity index (χ2v) is 7.22. The second kappa shape index (κ2) is 7.41. The van der Waals surface area contributed by atoms with Crippen LogP contribution in [0.3, 0.4) is 0 Å². The molecule has 2 aromatic rings. The third-order valence-electron chi connectivity index (χ3n) is 5.91. The van der Waals surface area contributed by atoms with Gasteiger partial charge in [0.25, 0.3) is 0 Å². The predicted octanol–water partition coefficient (Wildman–Crippen LogP) is 2.90. The lowest BCUT2D eigenvalue weighted by molar-refractivity contribution is 0.157. The number of hydrogen-bond acceptors (Lipinski definition) is 5. The van der Waals surface area contributed by atoms with E-state index in [1.165, 1.54) is 22.3 Å². The Morgan fingerprint density at radius 2 is 1.85 bits per heavy atom. The van der Waals surface area contributed by atoms with E-state index in [1.807, 2.05) is 6.07 Å². The van der Waals surface area contributed by atoms with Crippen molar-refractivity contribution in [1.29, 1.82) is 0 Å². The van der Waals surface area contributed by atoms with Crippen LogP contribution in [0.5, 0.6) is 17.2 Å². The molecule has 0 saturated carbocycles. The van der Waals surface area contributed by atoms with Crippen molar-refractivity contribution in [3.05, 3.63) is 52.1 Å². The zero-order valence-corrected chi connectivity index (χ0v) is 16.2. The highest BCUT2D eigenvalue weighted by molar-refractivity contribution is 5.53. The highest BCUT2D eigenvalue weighted by atomic mass is 16.5. The summed E-state index contributed by atoms with van der Waals surface area (Å²) < 4.78 is 16.7. The predicted molar refractivity (Wildman–Crippen MR) is 104 cm³/mol. The molecule has 0 amide bonds. The summed E-state index contributed by atoms with van der Waals surface area (Å²) in [6.45, 7) is 2.00. The Balaban J connectivity index is 1.75. The van der Waals surface area contributed by atoms with Crippen LogP contribution < -0.4 is 14.2 Å². The molecule has 0 radical (unpaired) electrons. The lowest BCUT2D eigenvalue weighted by Crippen LogP contribution is -2.39. The SMILES string of the molecule is COc1cc2c(cc1CCO)C1Cc3ccc(OC)c(OC)c3CN1CC2. The number of benzene rings is 2. The minimum atomic E-state index is 0.128. The van der Waals surface area contributed by atoms with E-state index in [-0.39, 0.29) is 6.61 Å². The van der Waals surface area contributed by atoms with Crippen molar-refractivity contribution in [2.24, 2.45) is 0 Å². The normalized spacial score (nSPS) is 18.3. The van der Waals surface area contributed by atoms with Crippen molar-refractivity contribution in [2.45, 2.75) is 31.8 Å². The Hall–Kier alpha value is -2.24. The van der Waals surface area contributed by atoms with Gasteiger partial charge in [-0.3, -0.25) is 4.90 Å². The molecule has 0 aliphatic carbocycles. The molecule has 2 aliphatic heterocycles. The number of nitrogens with zero attached hydrogens (tertiary/aromatic N) is 1. The number of hydrogen-bond donors (Lipinski definition) is 1. The Kier molecular flexibility index (Phi) is 4.98. The Morgan fingerprint density at radius 3 is 2.56 bits per heavy atom. The zero-order valence-electron chi connectivity index (χ0n) is 16.2. The smallest absolute Gasteiger partial charge is 0.165 e. The second-order valence-electron chi connectivity index (χ2n) is 7.22. The summed E-state index contributed by atoms with van der Waals surface area (Å²) in [5.41, 5.74) is 6.37. The van der Waals surface area contributed by atoms with Crippen molar-refractivity contribution >= 4 is 0 Å². The van der Waals surface area contributed by atoms with E-state index in [1.54, 1.807) is 21.3 Å². The number of methoxy groups -OCH3 is 3. The number of aliphatic hydroxyl groups excluding tert-OH is 1. The summed E-state index contributed by atoms with van der Waals surface area (Å²) >= 11 is 0. The fourth-order valence-electron chi connectivity index (χ4n) is 4.57. The number of aliphatic hydroxyl groups is 1. The van der Waals surface area contributed by atoms with Gasteiger partial charge < -0.3 is 19.3 Å². The minimum absolute atomic E-state index is 0.128. The molecule has 2 heterocycles. The van der Waals surface area contributed by atoms with Gasteiger partial charge >= 0.3 is 0 Å². The minimum Gasteiger partial charge on any atom is -0.496 e. The fourth-order valence-corrected chi connectivity index (χ4v) is 4.57. The van der Waals surface area contributed by atoms with Crippen molar-refractivity contribution in [3.63, 3.8) is 0 Å². The summed E-state index contributed by atoms with van der Waals surface area (Å²) in [5, 5.41) is 9.42. The third-order valence-corrected chi connectivity index (χ3v) is 5.91. The molecule has 144 valence electrons. The van der Waals surface area contributed by atoms with Crippen LogP contribution >= 0.6 is 0 Å². The first-order valence-corrected chi connectivity index (χ1v) is 9.47. The average molecular weight is 369 g/mol. The van der Waals surface area contributed by atoms with Crippen LogP contribution in [-0.2, 0) is 25.8 Å². The largest absolute Gasteiger partial charge is 0.496 e. The molecule has 5 heteroatoms. The maximum absolute atomic E-state index is 9.42. The number of rotatable bonds is 5. The van der Waals surface area contributed by atoms with Crippen LogP contribution in [0.15, 0.2) is 24.3 Å². The highest BCUT2D eigenvalue weighted by Gasteiger charge is 2.34. The highest BCUT2D eigenvalue weighted by Crippen LogP contribution is 2.44. The van der Waals surface area contributed by atoms with Gasteiger partial charge in [0.15, 0.2) is 11.5 Å². The first kappa shape index (κ1) is 18.1. The Bertz CT molecular complexity index is 849. The summed E-state index contributed by atoms with van der Waals surface area (Å²) in [5.74, 6) is 2.54. The van der Waals surface area contributed by atoms with Gasteiger partial charge in [0.1, 0.15) is 5.75 Å². The molecule has 1 atom stereocenters. The molecule has 0 bridgehead atoms. The summed E-state index contributed by atoms with van der Waals surface area (Å²) in [6.07, 6.45) is 2.57. The average Bonchev–Trinajstić information content (AvgIpc) is 2.71. The van der Waals surface area contributed by atoms with Crippen molar-refractivity contribution in [3.8, 4) is 17.2 Å². The monoisotopic (exact) mass is 369 g/mol. The Morgan fingerprint density at radius 1 is 1.04 bits per heavy atom. The standard InChI is InChI=1S/C22H27NO4/c1-25-20-5-4-14-11-19-17-10-16(7-9-24)21(26-2)12-15(17)6-8-23(19)13-18(14)22(20)27-3/h4-5,10,12,19,24H,6-9,11,13H2,1-3H3. The molecule has 1 N–H and O–H groups in total. The topological polar surface area (TPSA) is 51.2 Å². The van der Waals surface area contributed by atoms with Gasteiger partial charge in [-0.15, -0.1) is 0 Å². The van der Waals surface area contributed by atoms with Crippen LogP contribution in [0.4, 0.5) is 0 Å². The molecule has 0 saturated heterocycles. The van der Waals surface area contributed by atoms with E-state index >= 15 is 0 Å². The first-order chi connectivity index (χ1) is 13.2. The van der Waals surface area contributed by atoms with Gasteiger partial charge in [0.2, 0.25) is 0 Å². The molecule has 0 aromatic heterocycles. The maximum atomic E-state index is 9.42. The molecule has 0 fully saturated rings. The van der Waals surface area contributed by atoms with Gasteiger partial charge in [-0.1, -0.05) is 12.1 Å². The van der Waals surface area contributed by atoms with Gasteiger partial charge in [0, 0.05) is 31.3 Å². The lowest BCUT2D eigenvalue weighted by Gasteiger charge is -2.42. The van der Waals surface area contributed by atoms with E-state index in [0.29, 0.717) is 12.5 Å². The first-order valence-electron chi connectivity index (χ1n) is 9.47. The van der Waals surface area contributed by atoms with E-state index in [4.69, 9.17) is 14.2 Å². The van der Waals surface area contributed by atoms with Crippen LogP contribution in [0, 0.1) is 0 Å². The molecule has 5 nitrogen and oxygen atoms in total. The molecule has 2 aliphatic rings. The van der Waals surface area contributed by atoms with Crippen molar-refractivity contribution in [1.82, 2.24) is 4.90 Å². The quantitative estimate of drug-likeness (QED) is 0.878. The molecule has 4 rings (SSSR count). The fraction of sp³-hybridized carbons (Fsp3) is 0.455. The van der Waals surface area contributed by atoms with Crippen LogP contribution in [0.25, 0.3) is 0 Å².